The number of amides is 1. The van der Waals surface area contributed by atoms with E-state index in [2.05, 4.69) is 15.4 Å². The third-order valence-corrected chi connectivity index (χ3v) is 5.30. The van der Waals surface area contributed by atoms with Crippen LogP contribution >= 0.6 is 0 Å². The lowest BCUT2D eigenvalue weighted by molar-refractivity contribution is -0.121. The van der Waals surface area contributed by atoms with Gasteiger partial charge in [-0.3, -0.25) is 4.79 Å². The largest absolute Gasteiger partial charge is 0.460 e. The lowest BCUT2D eigenvalue weighted by atomic mass is 10.1. The molecule has 0 aliphatic rings. The van der Waals surface area contributed by atoms with Gasteiger partial charge in [0.15, 0.2) is 5.82 Å². The van der Waals surface area contributed by atoms with Gasteiger partial charge in [0.1, 0.15) is 13.2 Å². The molecule has 3 aromatic carbocycles. The topological polar surface area (TPSA) is 87.5 Å². The zero-order valence-electron chi connectivity index (χ0n) is 20.5. The van der Waals surface area contributed by atoms with E-state index in [1.54, 1.807) is 4.68 Å². The maximum Gasteiger partial charge on any atom is 0.336 e. The van der Waals surface area contributed by atoms with Crippen molar-refractivity contribution in [3.8, 4) is 23.1 Å². The fourth-order valence-electron chi connectivity index (χ4n) is 3.48. The molecule has 4 aromatic rings. The number of hydrogen-bond donors (Lipinski definition) is 1. The van der Waals surface area contributed by atoms with Gasteiger partial charge in [0, 0.05) is 17.9 Å². The molecule has 0 spiro atoms. The highest BCUT2D eigenvalue weighted by Crippen LogP contribution is 2.25. The molecule has 4 rings (SSSR count). The molecule has 0 aliphatic carbocycles. The standard InChI is InChI=1S/C28H30N4O4/c1-3-34-17-18-36-28-30-27(23-11-9-21(2)10-12-23)32(31-28)25-15-13-24(14-16-25)29-26(33)20-35-19-22-7-5-4-6-8-22/h4-16H,3,17-20H2,1-2H3,(H,29,33). The molecule has 8 heteroatoms. The number of rotatable bonds is 12. The van der Waals surface area contributed by atoms with E-state index in [-0.39, 0.29) is 18.5 Å². The molecule has 186 valence electrons. The summed E-state index contributed by atoms with van der Waals surface area (Å²) in [6.45, 7) is 5.79. The van der Waals surface area contributed by atoms with Gasteiger partial charge in [-0.15, -0.1) is 5.10 Å². The third-order valence-electron chi connectivity index (χ3n) is 5.30. The first-order valence-electron chi connectivity index (χ1n) is 11.9. The predicted molar refractivity (Wildman–Crippen MR) is 138 cm³/mol. The smallest absolute Gasteiger partial charge is 0.336 e. The van der Waals surface area contributed by atoms with Crippen LogP contribution in [0.5, 0.6) is 6.01 Å². The zero-order chi connectivity index (χ0) is 25.2. The summed E-state index contributed by atoms with van der Waals surface area (Å²) >= 11 is 0. The lowest BCUT2D eigenvalue weighted by Gasteiger charge is -2.09. The number of carbonyl (C=O) groups is 1. The Morgan fingerprint density at radius 3 is 2.39 bits per heavy atom. The Morgan fingerprint density at radius 2 is 1.67 bits per heavy atom. The van der Waals surface area contributed by atoms with Crippen LogP contribution in [0.2, 0.25) is 0 Å². The van der Waals surface area contributed by atoms with E-state index in [1.165, 1.54) is 0 Å². The maximum absolute atomic E-state index is 12.3. The summed E-state index contributed by atoms with van der Waals surface area (Å²) in [5.41, 5.74) is 4.55. The first-order valence-corrected chi connectivity index (χ1v) is 11.9. The van der Waals surface area contributed by atoms with Crippen LogP contribution in [0.25, 0.3) is 17.1 Å². The van der Waals surface area contributed by atoms with Crippen LogP contribution in [0, 0.1) is 6.92 Å². The van der Waals surface area contributed by atoms with Crippen molar-refractivity contribution in [1.29, 1.82) is 0 Å². The number of anilines is 1. The normalized spacial score (nSPS) is 10.8. The summed E-state index contributed by atoms with van der Waals surface area (Å²) in [4.78, 5) is 16.9. The van der Waals surface area contributed by atoms with Crippen LogP contribution < -0.4 is 10.1 Å². The van der Waals surface area contributed by atoms with Gasteiger partial charge in [0.2, 0.25) is 5.91 Å². The quantitative estimate of drug-likeness (QED) is 0.289. The van der Waals surface area contributed by atoms with E-state index >= 15 is 0 Å². The highest BCUT2D eigenvalue weighted by Gasteiger charge is 2.15. The molecular weight excluding hydrogens is 456 g/mol. The number of benzene rings is 3. The zero-order valence-corrected chi connectivity index (χ0v) is 20.5. The van der Waals surface area contributed by atoms with E-state index in [4.69, 9.17) is 14.2 Å². The van der Waals surface area contributed by atoms with Crippen LogP contribution in [0.1, 0.15) is 18.1 Å². The molecule has 1 heterocycles. The summed E-state index contributed by atoms with van der Waals surface area (Å²) in [6.07, 6.45) is 0. The van der Waals surface area contributed by atoms with Crippen molar-refractivity contribution in [2.45, 2.75) is 20.5 Å². The van der Waals surface area contributed by atoms with Crippen molar-refractivity contribution >= 4 is 11.6 Å². The Hall–Kier alpha value is -4.01. The predicted octanol–water partition coefficient (Wildman–Crippen LogP) is 4.81. The van der Waals surface area contributed by atoms with Crippen LogP contribution in [-0.2, 0) is 20.9 Å². The average molecular weight is 487 g/mol. The van der Waals surface area contributed by atoms with Crippen molar-refractivity contribution in [3.63, 3.8) is 0 Å². The van der Waals surface area contributed by atoms with Gasteiger partial charge in [0.05, 0.1) is 18.9 Å². The van der Waals surface area contributed by atoms with Gasteiger partial charge in [-0.1, -0.05) is 60.2 Å². The fraction of sp³-hybridized carbons (Fsp3) is 0.250. The average Bonchev–Trinajstić information content (AvgIpc) is 3.32. The molecular formula is C28H30N4O4. The Kier molecular flexibility index (Phi) is 8.80. The van der Waals surface area contributed by atoms with Gasteiger partial charge >= 0.3 is 6.01 Å². The number of nitrogens with one attached hydrogen (secondary N) is 1. The highest BCUT2D eigenvalue weighted by molar-refractivity contribution is 5.91. The Balaban J connectivity index is 1.43. The van der Waals surface area contributed by atoms with Gasteiger partial charge < -0.3 is 19.5 Å². The first-order chi connectivity index (χ1) is 17.6. The number of nitrogens with zero attached hydrogens (tertiary/aromatic N) is 3. The summed E-state index contributed by atoms with van der Waals surface area (Å²) in [6, 6.07) is 25.5. The summed E-state index contributed by atoms with van der Waals surface area (Å²) in [7, 11) is 0. The van der Waals surface area contributed by atoms with Crippen LogP contribution in [-0.4, -0.2) is 47.1 Å². The summed E-state index contributed by atoms with van der Waals surface area (Å²) in [5.74, 6) is 0.442. The number of aromatic nitrogens is 3. The molecule has 0 bridgehead atoms. The second-order valence-corrected chi connectivity index (χ2v) is 8.11. The molecule has 0 radical (unpaired) electrons. The molecule has 0 fully saturated rings. The lowest BCUT2D eigenvalue weighted by Crippen LogP contribution is -2.18. The molecule has 8 nitrogen and oxygen atoms in total. The van der Waals surface area contributed by atoms with Crippen molar-refractivity contribution < 1.29 is 19.0 Å². The molecule has 1 amide bonds. The molecule has 0 saturated carbocycles. The van der Waals surface area contributed by atoms with E-state index in [0.717, 1.165) is 22.4 Å². The second kappa shape index (κ2) is 12.6. The Morgan fingerprint density at radius 1 is 0.917 bits per heavy atom. The molecule has 0 unspecified atom stereocenters. The van der Waals surface area contributed by atoms with Gasteiger partial charge in [-0.05, 0) is 43.7 Å². The summed E-state index contributed by atoms with van der Waals surface area (Å²) in [5, 5.41) is 7.41. The third kappa shape index (κ3) is 7.00. The molecule has 1 aromatic heterocycles. The van der Waals surface area contributed by atoms with Crippen molar-refractivity contribution in [1.82, 2.24) is 14.8 Å². The van der Waals surface area contributed by atoms with Crippen LogP contribution in [0.3, 0.4) is 0 Å². The Labute approximate surface area is 210 Å². The fourth-order valence-corrected chi connectivity index (χ4v) is 3.48. The van der Waals surface area contributed by atoms with Gasteiger partial charge in [0.25, 0.3) is 0 Å². The number of hydrogen-bond acceptors (Lipinski definition) is 6. The Bertz CT molecular complexity index is 1240. The molecule has 0 aliphatic heterocycles. The van der Waals surface area contributed by atoms with E-state index < -0.39 is 0 Å². The number of ether oxygens (including phenoxy) is 3. The van der Waals surface area contributed by atoms with E-state index in [1.807, 2.05) is 92.7 Å². The summed E-state index contributed by atoms with van der Waals surface area (Å²) < 4.78 is 18.3. The SMILES string of the molecule is CCOCCOc1nc(-c2ccc(C)cc2)n(-c2ccc(NC(=O)COCc3ccccc3)cc2)n1. The van der Waals surface area contributed by atoms with Crippen molar-refractivity contribution in [2.75, 3.05) is 31.7 Å². The van der Waals surface area contributed by atoms with Gasteiger partial charge in [-0.2, -0.15) is 4.98 Å². The minimum atomic E-state index is -0.218. The maximum atomic E-state index is 12.3. The molecule has 0 atom stereocenters. The van der Waals surface area contributed by atoms with Gasteiger partial charge in [-0.25, -0.2) is 4.68 Å². The minimum Gasteiger partial charge on any atom is -0.460 e. The minimum absolute atomic E-state index is 0.0280. The second-order valence-electron chi connectivity index (χ2n) is 8.11. The monoisotopic (exact) mass is 486 g/mol. The van der Waals surface area contributed by atoms with E-state index in [0.29, 0.717) is 37.9 Å². The highest BCUT2D eigenvalue weighted by atomic mass is 16.5. The van der Waals surface area contributed by atoms with E-state index in [9.17, 15) is 4.79 Å². The van der Waals surface area contributed by atoms with Crippen LogP contribution in [0.4, 0.5) is 5.69 Å². The molecule has 36 heavy (non-hydrogen) atoms. The van der Waals surface area contributed by atoms with Crippen LogP contribution in [0.15, 0.2) is 78.9 Å². The number of carbonyl (C=O) groups excluding carboxylic acids is 1. The first kappa shape index (κ1) is 25.1. The van der Waals surface area contributed by atoms with Crippen molar-refractivity contribution in [3.05, 3.63) is 90.0 Å². The molecule has 0 saturated heterocycles. The molecule has 1 N–H and O–H groups in total. The number of aryl methyl sites for hydroxylation is 1. The van der Waals surface area contributed by atoms with Crippen molar-refractivity contribution in [2.24, 2.45) is 0 Å².